The molecule has 0 aliphatic carbocycles. The van der Waals surface area contributed by atoms with Gasteiger partial charge in [-0.25, -0.2) is 0 Å². The van der Waals surface area contributed by atoms with Crippen LogP contribution in [-0.4, -0.2) is 31.5 Å². The molecule has 0 aromatic rings. The third kappa shape index (κ3) is 6.10. The van der Waals surface area contributed by atoms with Crippen LogP contribution in [0.2, 0.25) is 0 Å². The van der Waals surface area contributed by atoms with Gasteiger partial charge in [-0.05, 0) is 83.1 Å². The van der Waals surface area contributed by atoms with Gasteiger partial charge in [0.05, 0.1) is 0 Å². The summed E-state index contributed by atoms with van der Waals surface area (Å²) in [7, 11) is 0.687. The highest BCUT2D eigenvalue weighted by atomic mass is 31.1. The zero-order valence-corrected chi connectivity index (χ0v) is 16.4. The van der Waals surface area contributed by atoms with Crippen LogP contribution in [-0.2, 0) is 0 Å². The van der Waals surface area contributed by atoms with Crippen molar-refractivity contribution < 1.29 is 0 Å². The lowest BCUT2D eigenvalue weighted by molar-refractivity contribution is 0.102. The Hall–Kier alpha value is 0.350. The highest BCUT2D eigenvalue weighted by Crippen LogP contribution is 2.45. The highest BCUT2D eigenvalue weighted by Gasteiger charge is 2.39. The second kappa shape index (κ2) is 5.62. The molecule has 0 heterocycles. The molecule has 0 unspecified atom stereocenters. The van der Waals surface area contributed by atoms with Crippen LogP contribution < -0.4 is 0 Å². The summed E-state index contributed by atoms with van der Waals surface area (Å²) < 4.78 is 5.24. The van der Waals surface area contributed by atoms with E-state index in [1.807, 2.05) is 0 Å². The Kier molecular flexibility index (Phi) is 5.72. The van der Waals surface area contributed by atoms with E-state index in [2.05, 4.69) is 92.4 Å². The SMILES string of the molecule is CC(C)(C)N(PN(C(C)(C)C)C(C)(C)C)C(C)(C)C. The molecule has 0 bridgehead atoms. The fraction of sp³-hybridized carbons (Fsp3) is 1.00. The third-order valence-electron chi connectivity index (χ3n) is 2.88. The van der Waals surface area contributed by atoms with Gasteiger partial charge in [0, 0.05) is 31.0 Å². The van der Waals surface area contributed by atoms with E-state index >= 15 is 0 Å². The second-order valence-electron chi connectivity index (χ2n) is 9.45. The highest BCUT2D eigenvalue weighted by molar-refractivity contribution is 7.32. The first-order chi connectivity index (χ1) is 7.97. The van der Waals surface area contributed by atoms with Crippen LogP contribution in [0.5, 0.6) is 0 Å². The van der Waals surface area contributed by atoms with Crippen molar-refractivity contribution in [3.8, 4) is 0 Å². The smallest absolute Gasteiger partial charge is 0.0260 e. The minimum atomic E-state index is 0.172. The molecule has 0 fully saturated rings. The average Bonchev–Trinajstić information content (AvgIpc) is 1.91. The first kappa shape index (κ1) is 19.4. The van der Waals surface area contributed by atoms with E-state index in [9.17, 15) is 0 Å². The van der Waals surface area contributed by atoms with E-state index in [-0.39, 0.29) is 22.2 Å². The standard InChI is InChI=1S/C16H37N2P/c1-13(2,3)17(14(4,5)6)19-18(15(7,8)9)16(10,11)12/h19H,1-12H3. The zero-order valence-electron chi connectivity index (χ0n) is 15.4. The lowest BCUT2D eigenvalue weighted by Gasteiger charge is -2.53. The molecule has 116 valence electrons. The number of rotatable bonds is 2. The summed E-state index contributed by atoms with van der Waals surface area (Å²) in [5.74, 6) is 0. The summed E-state index contributed by atoms with van der Waals surface area (Å²) in [6.45, 7) is 27.8. The third-order valence-corrected chi connectivity index (χ3v) is 5.97. The lowest BCUT2D eigenvalue weighted by atomic mass is 10.0. The van der Waals surface area contributed by atoms with E-state index in [1.54, 1.807) is 0 Å². The lowest BCUT2D eigenvalue weighted by Crippen LogP contribution is -2.54. The molecule has 2 nitrogen and oxygen atoms in total. The van der Waals surface area contributed by atoms with Crippen LogP contribution in [0.1, 0.15) is 83.1 Å². The van der Waals surface area contributed by atoms with E-state index in [0.29, 0.717) is 8.88 Å². The molecular weight excluding hydrogens is 251 g/mol. The van der Waals surface area contributed by atoms with Crippen molar-refractivity contribution in [2.24, 2.45) is 0 Å². The van der Waals surface area contributed by atoms with E-state index < -0.39 is 0 Å². The molecule has 0 radical (unpaired) electrons. The number of hydrogen-bond acceptors (Lipinski definition) is 2. The molecule has 0 amide bonds. The maximum Gasteiger partial charge on any atom is 0.0260 e. The molecule has 0 aliphatic heterocycles. The minimum absolute atomic E-state index is 0.172. The van der Waals surface area contributed by atoms with Gasteiger partial charge < -0.3 is 0 Å². The van der Waals surface area contributed by atoms with Crippen molar-refractivity contribution in [3.63, 3.8) is 0 Å². The van der Waals surface area contributed by atoms with Crippen molar-refractivity contribution in [2.75, 3.05) is 0 Å². The predicted molar refractivity (Wildman–Crippen MR) is 91.0 cm³/mol. The Balaban J connectivity index is 5.43. The molecular formula is C16H37N2P. The molecule has 0 aliphatic rings. The molecule has 0 saturated heterocycles. The van der Waals surface area contributed by atoms with Crippen molar-refractivity contribution >= 4 is 8.88 Å². The maximum atomic E-state index is 2.62. The molecule has 0 atom stereocenters. The van der Waals surface area contributed by atoms with Crippen molar-refractivity contribution in [1.29, 1.82) is 0 Å². The Morgan fingerprint density at radius 1 is 0.421 bits per heavy atom. The van der Waals surface area contributed by atoms with E-state index in [4.69, 9.17) is 0 Å². The van der Waals surface area contributed by atoms with Gasteiger partial charge in [-0.3, -0.25) is 9.34 Å². The first-order valence-electron chi connectivity index (χ1n) is 7.34. The number of hydrogen-bond donors (Lipinski definition) is 0. The quantitative estimate of drug-likeness (QED) is 0.637. The summed E-state index contributed by atoms with van der Waals surface area (Å²) in [4.78, 5) is 0. The molecule has 0 aromatic heterocycles. The van der Waals surface area contributed by atoms with Gasteiger partial charge in [0.2, 0.25) is 0 Å². The van der Waals surface area contributed by atoms with E-state index in [0.717, 1.165) is 0 Å². The van der Waals surface area contributed by atoms with Crippen molar-refractivity contribution in [3.05, 3.63) is 0 Å². The molecule has 0 aromatic carbocycles. The normalized spacial score (nSPS) is 15.5. The van der Waals surface area contributed by atoms with Gasteiger partial charge in [0.25, 0.3) is 0 Å². The maximum absolute atomic E-state index is 2.62. The van der Waals surface area contributed by atoms with Gasteiger partial charge >= 0.3 is 0 Å². The van der Waals surface area contributed by atoms with Gasteiger partial charge in [0.15, 0.2) is 0 Å². The summed E-state index contributed by atoms with van der Waals surface area (Å²) in [6.07, 6.45) is 0. The minimum Gasteiger partial charge on any atom is -0.262 e. The molecule has 0 saturated carbocycles. The Morgan fingerprint density at radius 2 is 0.579 bits per heavy atom. The van der Waals surface area contributed by atoms with E-state index in [1.165, 1.54) is 0 Å². The van der Waals surface area contributed by atoms with Gasteiger partial charge in [-0.15, -0.1) is 0 Å². The summed E-state index contributed by atoms with van der Waals surface area (Å²) in [6, 6.07) is 0. The number of nitrogens with zero attached hydrogens (tertiary/aromatic N) is 2. The summed E-state index contributed by atoms with van der Waals surface area (Å²) in [5.41, 5.74) is 0.688. The average molecular weight is 288 g/mol. The van der Waals surface area contributed by atoms with Gasteiger partial charge in [-0.1, -0.05) is 0 Å². The van der Waals surface area contributed by atoms with Crippen LogP contribution >= 0.6 is 8.88 Å². The molecule has 0 spiro atoms. The predicted octanol–water partition coefficient (Wildman–Crippen LogP) is 5.29. The van der Waals surface area contributed by atoms with Gasteiger partial charge in [-0.2, -0.15) is 0 Å². The van der Waals surface area contributed by atoms with Crippen LogP contribution in [0.4, 0.5) is 0 Å². The van der Waals surface area contributed by atoms with Crippen LogP contribution in [0.25, 0.3) is 0 Å². The van der Waals surface area contributed by atoms with Gasteiger partial charge in [0.1, 0.15) is 0 Å². The second-order valence-corrected chi connectivity index (χ2v) is 10.5. The fourth-order valence-corrected chi connectivity index (χ4v) is 4.11. The largest absolute Gasteiger partial charge is 0.262 e. The Bertz CT molecular complexity index is 226. The molecule has 0 rings (SSSR count). The summed E-state index contributed by atoms with van der Waals surface area (Å²) >= 11 is 0. The van der Waals surface area contributed by atoms with Crippen molar-refractivity contribution in [2.45, 2.75) is 105 Å². The summed E-state index contributed by atoms with van der Waals surface area (Å²) in [5, 5.41) is 0. The zero-order chi connectivity index (χ0) is 15.9. The molecule has 19 heavy (non-hydrogen) atoms. The Morgan fingerprint density at radius 3 is 0.684 bits per heavy atom. The van der Waals surface area contributed by atoms with Crippen LogP contribution in [0.3, 0.4) is 0 Å². The fourth-order valence-electron chi connectivity index (χ4n) is 2.71. The van der Waals surface area contributed by atoms with Crippen LogP contribution in [0, 0.1) is 0 Å². The molecule has 0 N–H and O–H groups in total. The topological polar surface area (TPSA) is 6.48 Å². The monoisotopic (exact) mass is 288 g/mol. The first-order valence-corrected chi connectivity index (χ1v) is 8.24. The van der Waals surface area contributed by atoms with Crippen LogP contribution in [0.15, 0.2) is 0 Å². The van der Waals surface area contributed by atoms with Crippen molar-refractivity contribution in [1.82, 2.24) is 9.34 Å². The molecule has 3 heteroatoms. The Labute approximate surface area is 124 Å².